The summed E-state index contributed by atoms with van der Waals surface area (Å²) in [6.45, 7) is 4.04. The van der Waals surface area contributed by atoms with E-state index in [9.17, 15) is 20.0 Å². The van der Waals surface area contributed by atoms with E-state index in [-0.39, 0.29) is 27.7 Å². The van der Waals surface area contributed by atoms with Gasteiger partial charge in [0, 0.05) is 23.5 Å². The van der Waals surface area contributed by atoms with Crippen molar-refractivity contribution in [3.8, 4) is 0 Å². The summed E-state index contributed by atoms with van der Waals surface area (Å²) in [6.07, 6.45) is 3.72. The number of para-hydroxylation sites is 1. The van der Waals surface area contributed by atoms with Crippen molar-refractivity contribution in [2.24, 2.45) is 16.7 Å². The van der Waals surface area contributed by atoms with Crippen molar-refractivity contribution in [3.05, 3.63) is 39.9 Å². The predicted octanol–water partition coefficient (Wildman–Crippen LogP) is 3.67. The summed E-state index contributed by atoms with van der Waals surface area (Å²) in [4.78, 5) is 23.8. The van der Waals surface area contributed by atoms with E-state index in [1.165, 1.54) is 6.07 Å². The molecule has 0 saturated heterocycles. The number of nitrogens with zero attached hydrogens (tertiary/aromatic N) is 1. The zero-order valence-electron chi connectivity index (χ0n) is 14.3. The number of hydrogen-bond acceptors (Lipinski definition) is 4. The van der Waals surface area contributed by atoms with Crippen LogP contribution in [0.2, 0.25) is 0 Å². The molecule has 0 amide bonds. The van der Waals surface area contributed by atoms with Gasteiger partial charge in [0.15, 0.2) is 0 Å². The number of carbonyl (C=O) groups excluding carboxylic acids is 1. The lowest BCUT2D eigenvalue weighted by Crippen LogP contribution is -2.56. The van der Waals surface area contributed by atoms with Gasteiger partial charge in [-0.05, 0) is 37.0 Å². The predicted molar refractivity (Wildman–Crippen MR) is 90.6 cm³/mol. The molecule has 5 heteroatoms. The summed E-state index contributed by atoms with van der Waals surface area (Å²) in [5.74, 6) is 0.243. The summed E-state index contributed by atoms with van der Waals surface area (Å²) in [5, 5.41) is 21.9. The molecule has 2 unspecified atom stereocenters. The highest BCUT2D eigenvalue weighted by atomic mass is 16.6. The van der Waals surface area contributed by atoms with Crippen molar-refractivity contribution in [3.63, 3.8) is 0 Å². The molecule has 1 N–H and O–H groups in total. The highest BCUT2D eigenvalue weighted by molar-refractivity contribution is 5.86. The second-order valence-electron chi connectivity index (χ2n) is 7.91. The molecule has 0 radical (unpaired) electrons. The van der Waals surface area contributed by atoms with Crippen LogP contribution in [0.3, 0.4) is 0 Å². The SMILES string of the molecule is CC1(Cc2ccccc2[N+](=O)[O-])C(=O)CC[C@@]2(C)C1CCC[C@@H]2O. The first kappa shape index (κ1) is 17.1. The Bertz CT molecular complexity index is 673. The first-order chi connectivity index (χ1) is 11.3. The lowest BCUT2D eigenvalue weighted by atomic mass is 9.48. The molecule has 3 rings (SSSR count). The van der Waals surface area contributed by atoms with Crippen LogP contribution in [0.5, 0.6) is 0 Å². The summed E-state index contributed by atoms with van der Waals surface area (Å²) in [6, 6.07) is 6.69. The number of ketones is 1. The van der Waals surface area contributed by atoms with Gasteiger partial charge >= 0.3 is 0 Å². The van der Waals surface area contributed by atoms with Crippen LogP contribution in [0.4, 0.5) is 5.69 Å². The molecule has 0 spiro atoms. The second-order valence-corrected chi connectivity index (χ2v) is 7.91. The molecule has 5 nitrogen and oxygen atoms in total. The monoisotopic (exact) mass is 331 g/mol. The molecule has 0 heterocycles. The lowest BCUT2D eigenvalue weighted by molar-refractivity contribution is -0.385. The van der Waals surface area contributed by atoms with E-state index in [0.717, 1.165) is 19.3 Å². The van der Waals surface area contributed by atoms with Crippen LogP contribution >= 0.6 is 0 Å². The molecule has 0 bridgehead atoms. The molecule has 0 aliphatic heterocycles. The van der Waals surface area contributed by atoms with Crippen molar-refractivity contribution in [1.29, 1.82) is 0 Å². The van der Waals surface area contributed by atoms with E-state index in [2.05, 4.69) is 6.92 Å². The normalized spacial score (nSPS) is 36.2. The number of fused-ring (bicyclic) bond motifs is 1. The summed E-state index contributed by atoms with van der Waals surface area (Å²) in [5.41, 5.74) is -0.233. The summed E-state index contributed by atoms with van der Waals surface area (Å²) in [7, 11) is 0. The van der Waals surface area contributed by atoms with Crippen molar-refractivity contribution >= 4 is 11.5 Å². The highest BCUT2D eigenvalue weighted by Gasteiger charge is 2.57. The molecule has 130 valence electrons. The van der Waals surface area contributed by atoms with Crippen molar-refractivity contribution in [2.45, 2.75) is 58.5 Å². The Labute approximate surface area is 142 Å². The van der Waals surface area contributed by atoms with E-state index in [0.29, 0.717) is 24.8 Å². The fourth-order valence-corrected chi connectivity index (χ4v) is 5.11. The van der Waals surface area contributed by atoms with Gasteiger partial charge in [-0.3, -0.25) is 14.9 Å². The first-order valence-electron chi connectivity index (χ1n) is 8.73. The van der Waals surface area contributed by atoms with Crippen molar-refractivity contribution in [2.75, 3.05) is 0 Å². The number of Topliss-reactive ketones (excluding diaryl/α,β-unsaturated/α-hetero) is 1. The molecule has 1 aromatic carbocycles. The minimum absolute atomic E-state index is 0.0646. The molecular formula is C19H25NO4. The maximum atomic E-state index is 12.9. The third-order valence-electron chi connectivity index (χ3n) is 6.57. The minimum Gasteiger partial charge on any atom is -0.393 e. The zero-order chi connectivity index (χ0) is 17.5. The maximum Gasteiger partial charge on any atom is 0.272 e. The quantitative estimate of drug-likeness (QED) is 0.677. The fraction of sp³-hybridized carbons (Fsp3) is 0.632. The van der Waals surface area contributed by atoms with E-state index in [1.807, 2.05) is 6.92 Å². The van der Waals surface area contributed by atoms with Crippen LogP contribution in [-0.4, -0.2) is 21.9 Å². The Hall–Kier alpha value is -1.75. The fourth-order valence-electron chi connectivity index (χ4n) is 5.11. The van der Waals surface area contributed by atoms with E-state index in [1.54, 1.807) is 18.2 Å². The number of benzene rings is 1. The Morgan fingerprint density at radius 3 is 2.71 bits per heavy atom. The molecule has 24 heavy (non-hydrogen) atoms. The number of carbonyl (C=O) groups is 1. The van der Waals surface area contributed by atoms with Crippen molar-refractivity contribution in [1.82, 2.24) is 0 Å². The summed E-state index contributed by atoms with van der Waals surface area (Å²) >= 11 is 0. The maximum absolute atomic E-state index is 12.9. The average Bonchev–Trinajstić information content (AvgIpc) is 2.54. The molecule has 2 fully saturated rings. The van der Waals surface area contributed by atoms with Gasteiger partial charge in [0.25, 0.3) is 5.69 Å². The molecule has 4 atom stereocenters. The highest BCUT2D eigenvalue weighted by Crippen LogP contribution is 2.57. The standard InChI is InChI=1S/C19H25NO4/c1-18-11-10-17(22)19(2,15(18)8-5-9-16(18)21)12-13-6-3-4-7-14(13)20(23)24/h3-4,6-7,15-16,21H,5,8-12H2,1-2H3/t15?,16-,18-,19?/m0/s1. The van der Waals surface area contributed by atoms with E-state index < -0.39 is 11.5 Å². The Kier molecular flexibility index (Phi) is 4.24. The van der Waals surface area contributed by atoms with E-state index in [4.69, 9.17) is 0 Å². The number of aliphatic hydroxyl groups is 1. The second kappa shape index (κ2) is 5.96. The van der Waals surface area contributed by atoms with Gasteiger partial charge in [0.2, 0.25) is 0 Å². The molecule has 2 aliphatic carbocycles. The van der Waals surface area contributed by atoms with Gasteiger partial charge in [-0.25, -0.2) is 0 Å². The van der Waals surface area contributed by atoms with Crippen LogP contribution in [-0.2, 0) is 11.2 Å². The van der Waals surface area contributed by atoms with Crippen molar-refractivity contribution < 1.29 is 14.8 Å². The Balaban J connectivity index is 2.01. The smallest absolute Gasteiger partial charge is 0.272 e. The molecular weight excluding hydrogens is 306 g/mol. The topological polar surface area (TPSA) is 80.4 Å². The van der Waals surface area contributed by atoms with Gasteiger partial charge in [0.05, 0.1) is 11.0 Å². The third-order valence-corrected chi connectivity index (χ3v) is 6.57. The first-order valence-corrected chi connectivity index (χ1v) is 8.73. The van der Waals surface area contributed by atoms with Gasteiger partial charge < -0.3 is 5.11 Å². The average molecular weight is 331 g/mol. The van der Waals surface area contributed by atoms with Gasteiger partial charge in [-0.1, -0.05) is 38.5 Å². The lowest BCUT2D eigenvalue weighted by Gasteiger charge is -2.55. The molecule has 2 saturated carbocycles. The van der Waals surface area contributed by atoms with Gasteiger partial charge in [0.1, 0.15) is 5.78 Å². The minimum atomic E-state index is -0.652. The number of aliphatic hydroxyl groups excluding tert-OH is 1. The molecule has 1 aromatic rings. The molecule has 0 aromatic heterocycles. The Morgan fingerprint density at radius 1 is 1.29 bits per heavy atom. The number of rotatable bonds is 3. The van der Waals surface area contributed by atoms with Crippen LogP contribution in [0.15, 0.2) is 24.3 Å². The Morgan fingerprint density at radius 2 is 2.00 bits per heavy atom. The zero-order valence-corrected chi connectivity index (χ0v) is 14.3. The van der Waals surface area contributed by atoms with Crippen LogP contribution < -0.4 is 0 Å². The number of nitro groups is 1. The number of nitro benzene ring substituents is 1. The van der Waals surface area contributed by atoms with Crippen LogP contribution in [0, 0.1) is 26.9 Å². The van der Waals surface area contributed by atoms with E-state index >= 15 is 0 Å². The van der Waals surface area contributed by atoms with Crippen LogP contribution in [0.1, 0.15) is 51.5 Å². The van der Waals surface area contributed by atoms with Crippen LogP contribution in [0.25, 0.3) is 0 Å². The molecule has 2 aliphatic rings. The number of hydrogen-bond donors (Lipinski definition) is 1. The summed E-state index contributed by atoms with van der Waals surface area (Å²) < 4.78 is 0. The largest absolute Gasteiger partial charge is 0.393 e. The third kappa shape index (κ3) is 2.55. The van der Waals surface area contributed by atoms with Gasteiger partial charge in [-0.15, -0.1) is 0 Å². The van der Waals surface area contributed by atoms with Gasteiger partial charge in [-0.2, -0.15) is 0 Å².